The van der Waals surface area contributed by atoms with Gasteiger partial charge in [-0.1, -0.05) is 6.92 Å². The maximum Gasteiger partial charge on any atom is 0.224 e. The van der Waals surface area contributed by atoms with Crippen molar-refractivity contribution in [3.8, 4) is 0 Å². The molecule has 0 aliphatic carbocycles. The van der Waals surface area contributed by atoms with E-state index in [2.05, 4.69) is 12.2 Å². The van der Waals surface area contributed by atoms with Crippen molar-refractivity contribution in [1.82, 2.24) is 10.2 Å². The van der Waals surface area contributed by atoms with Gasteiger partial charge in [0.2, 0.25) is 5.91 Å². The van der Waals surface area contributed by atoms with Crippen molar-refractivity contribution in [2.75, 3.05) is 19.7 Å². The molecule has 2 N–H and O–H groups in total. The molecule has 0 spiro atoms. The van der Waals surface area contributed by atoms with Crippen molar-refractivity contribution >= 4 is 5.91 Å². The van der Waals surface area contributed by atoms with E-state index in [0.717, 1.165) is 6.54 Å². The molecule has 1 saturated heterocycles. The molecule has 0 radical (unpaired) electrons. The molecule has 0 aromatic carbocycles. The molecule has 1 heterocycles. The van der Waals surface area contributed by atoms with Crippen molar-refractivity contribution < 1.29 is 9.90 Å². The lowest BCUT2D eigenvalue weighted by Gasteiger charge is -2.33. The van der Waals surface area contributed by atoms with E-state index in [0.29, 0.717) is 31.3 Å². The Labute approximate surface area is 111 Å². The molecule has 1 aliphatic rings. The Morgan fingerprint density at radius 3 is 2.78 bits per heavy atom. The molecule has 0 aromatic heterocycles. The fraction of sp³-hybridized carbons (Fsp3) is 0.929. The van der Waals surface area contributed by atoms with Crippen LogP contribution in [0.1, 0.15) is 46.5 Å². The van der Waals surface area contributed by atoms with Crippen LogP contribution in [0.2, 0.25) is 0 Å². The van der Waals surface area contributed by atoms with Crippen molar-refractivity contribution in [3.05, 3.63) is 0 Å². The summed E-state index contributed by atoms with van der Waals surface area (Å²) in [6.45, 7) is 8.13. The van der Waals surface area contributed by atoms with Gasteiger partial charge in [-0.05, 0) is 45.6 Å². The largest absolute Gasteiger partial charge is 0.396 e. The van der Waals surface area contributed by atoms with Crippen LogP contribution in [0.15, 0.2) is 0 Å². The van der Waals surface area contributed by atoms with Crippen LogP contribution in [-0.4, -0.2) is 47.7 Å². The van der Waals surface area contributed by atoms with Gasteiger partial charge >= 0.3 is 0 Å². The highest BCUT2D eigenvalue weighted by Gasteiger charge is 2.26. The van der Waals surface area contributed by atoms with E-state index in [-0.39, 0.29) is 18.6 Å². The molecular weight excluding hydrogens is 228 g/mol. The highest BCUT2D eigenvalue weighted by atomic mass is 16.3. The first kappa shape index (κ1) is 15.4. The van der Waals surface area contributed by atoms with Crippen molar-refractivity contribution in [3.63, 3.8) is 0 Å². The average molecular weight is 256 g/mol. The number of carbonyl (C=O) groups is 1. The number of nitrogens with zero attached hydrogens (tertiary/aromatic N) is 1. The SMILES string of the molecule is CC1CCCNC1CC(=O)N(CCCO)C(C)C. The number of aliphatic hydroxyl groups excluding tert-OH is 1. The van der Waals surface area contributed by atoms with E-state index in [9.17, 15) is 4.79 Å². The fourth-order valence-electron chi connectivity index (χ4n) is 2.60. The Balaban J connectivity index is 2.49. The number of nitrogens with one attached hydrogen (secondary N) is 1. The number of hydrogen-bond donors (Lipinski definition) is 2. The van der Waals surface area contributed by atoms with Crippen LogP contribution in [-0.2, 0) is 4.79 Å². The second-order valence-corrected chi connectivity index (χ2v) is 5.64. The van der Waals surface area contributed by atoms with Crippen LogP contribution in [0, 0.1) is 5.92 Å². The number of aliphatic hydroxyl groups is 1. The monoisotopic (exact) mass is 256 g/mol. The van der Waals surface area contributed by atoms with Gasteiger partial charge in [0, 0.05) is 31.7 Å². The van der Waals surface area contributed by atoms with Crippen LogP contribution in [0.25, 0.3) is 0 Å². The second kappa shape index (κ2) is 7.74. The number of hydrogen-bond acceptors (Lipinski definition) is 3. The molecule has 4 nitrogen and oxygen atoms in total. The summed E-state index contributed by atoms with van der Waals surface area (Å²) < 4.78 is 0. The lowest BCUT2D eigenvalue weighted by molar-refractivity contribution is -0.134. The maximum absolute atomic E-state index is 12.3. The summed E-state index contributed by atoms with van der Waals surface area (Å²) in [5, 5.41) is 12.3. The lowest BCUT2D eigenvalue weighted by atomic mass is 9.90. The zero-order valence-corrected chi connectivity index (χ0v) is 12.0. The van der Waals surface area contributed by atoms with Gasteiger partial charge in [0.15, 0.2) is 0 Å². The van der Waals surface area contributed by atoms with Crippen molar-refractivity contribution in [2.24, 2.45) is 5.92 Å². The molecule has 1 aliphatic heterocycles. The molecule has 18 heavy (non-hydrogen) atoms. The van der Waals surface area contributed by atoms with Crippen LogP contribution in [0.4, 0.5) is 0 Å². The van der Waals surface area contributed by atoms with E-state index < -0.39 is 0 Å². The molecule has 2 unspecified atom stereocenters. The molecule has 0 bridgehead atoms. The standard InChI is InChI=1S/C14H28N2O2/c1-11(2)16(8-5-9-17)14(18)10-13-12(3)6-4-7-15-13/h11-13,15,17H,4-10H2,1-3H3. The van der Waals surface area contributed by atoms with Crippen molar-refractivity contribution in [2.45, 2.75) is 58.5 Å². The first-order valence-electron chi connectivity index (χ1n) is 7.20. The average Bonchev–Trinajstić information content (AvgIpc) is 2.32. The molecule has 4 heteroatoms. The molecule has 2 atom stereocenters. The van der Waals surface area contributed by atoms with Gasteiger partial charge in [-0.15, -0.1) is 0 Å². The smallest absolute Gasteiger partial charge is 0.224 e. The molecule has 1 rings (SSSR count). The summed E-state index contributed by atoms with van der Waals surface area (Å²) >= 11 is 0. The van der Waals surface area contributed by atoms with Crippen LogP contribution < -0.4 is 5.32 Å². The number of rotatable bonds is 6. The summed E-state index contributed by atoms with van der Waals surface area (Å²) in [6, 6.07) is 0.532. The van der Waals surface area contributed by atoms with E-state index in [1.54, 1.807) is 0 Å². The number of carbonyl (C=O) groups excluding carboxylic acids is 1. The maximum atomic E-state index is 12.3. The highest BCUT2D eigenvalue weighted by molar-refractivity contribution is 5.77. The first-order chi connectivity index (χ1) is 8.56. The Hall–Kier alpha value is -0.610. The van der Waals surface area contributed by atoms with E-state index in [1.165, 1.54) is 12.8 Å². The van der Waals surface area contributed by atoms with Gasteiger partial charge in [-0.3, -0.25) is 4.79 Å². The third-order valence-electron chi connectivity index (χ3n) is 3.83. The second-order valence-electron chi connectivity index (χ2n) is 5.64. The molecule has 0 aromatic rings. The van der Waals surface area contributed by atoms with Crippen LogP contribution in [0.5, 0.6) is 0 Å². The predicted octanol–water partition coefficient (Wildman–Crippen LogP) is 1.38. The Kier molecular flexibility index (Phi) is 6.65. The minimum atomic E-state index is 0.147. The zero-order valence-electron chi connectivity index (χ0n) is 12.0. The summed E-state index contributed by atoms with van der Waals surface area (Å²) in [5.41, 5.74) is 0. The van der Waals surface area contributed by atoms with Crippen LogP contribution >= 0.6 is 0 Å². The Morgan fingerprint density at radius 2 is 2.22 bits per heavy atom. The summed E-state index contributed by atoms with van der Waals surface area (Å²) in [6.07, 6.45) is 3.68. The fourth-order valence-corrected chi connectivity index (χ4v) is 2.60. The third kappa shape index (κ3) is 4.58. The molecular formula is C14H28N2O2. The minimum Gasteiger partial charge on any atom is -0.396 e. The highest BCUT2D eigenvalue weighted by Crippen LogP contribution is 2.19. The Bertz CT molecular complexity index is 256. The first-order valence-corrected chi connectivity index (χ1v) is 7.20. The van der Waals surface area contributed by atoms with Crippen LogP contribution in [0.3, 0.4) is 0 Å². The number of piperidine rings is 1. The molecule has 1 amide bonds. The lowest BCUT2D eigenvalue weighted by Crippen LogP contribution is -2.46. The quantitative estimate of drug-likeness (QED) is 0.755. The van der Waals surface area contributed by atoms with Gasteiger partial charge in [0.05, 0.1) is 0 Å². The van der Waals surface area contributed by atoms with E-state index in [1.807, 2.05) is 18.7 Å². The molecule has 0 saturated carbocycles. The van der Waals surface area contributed by atoms with Crippen molar-refractivity contribution in [1.29, 1.82) is 0 Å². The van der Waals surface area contributed by atoms with Gasteiger partial charge in [-0.25, -0.2) is 0 Å². The van der Waals surface area contributed by atoms with E-state index in [4.69, 9.17) is 5.11 Å². The van der Waals surface area contributed by atoms with Gasteiger partial charge in [-0.2, -0.15) is 0 Å². The minimum absolute atomic E-state index is 0.147. The molecule has 1 fully saturated rings. The summed E-state index contributed by atoms with van der Waals surface area (Å²) in [4.78, 5) is 14.2. The topological polar surface area (TPSA) is 52.6 Å². The predicted molar refractivity (Wildman–Crippen MR) is 73.4 cm³/mol. The van der Waals surface area contributed by atoms with Gasteiger partial charge in [0.25, 0.3) is 0 Å². The number of amides is 1. The van der Waals surface area contributed by atoms with Gasteiger partial charge < -0.3 is 15.3 Å². The molecule has 106 valence electrons. The third-order valence-corrected chi connectivity index (χ3v) is 3.83. The van der Waals surface area contributed by atoms with E-state index >= 15 is 0 Å². The normalized spacial score (nSPS) is 24.3. The Morgan fingerprint density at radius 1 is 1.50 bits per heavy atom. The summed E-state index contributed by atoms with van der Waals surface area (Å²) in [5.74, 6) is 0.791. The summed E-state index contributed by atoms with van der Waals surface area (Å²) in [7, 11) is 0. The van der Waals surface area contributed by atoms with Gasteiger partial charge in [0.1, 0.15) is 0 Å². The zero-order chi connectivity index (χ0) is 13.5.